The first-order valence-electron chi connectivity index (χ1n) is 9.71. The number of carbonyl (C=O) groups is 2. The molecule has 4 rings (SSSR count). The van der Waals surface area contributed by atoms with Gasteiger partial charge in [-0.25, -0.2) is 4.98 Å². The third-order valence-electron chi connectivity index (χ3n) is 5.60. The Morgan fingerprint density at radius 1 is 1.07 bits per heavy atom. The molecule has 1 aliphatic rings. The lowest BCUT2D eigenvalue weighted by atomic mass is 9.79. The topological polar surface area (TPSA) is 64.4 Å². The zero-order valence-corrected chi connectivity index (χ0v) is 17.8. The molecule has 0 radical (unpaired) electrons. The van der Waals surface area contributed by atoms with Gasteiger partial charge >= 0.3 is 5.97 Å². The fraction of sp³-hybridized carbons (Fsp3) is 0.261. The Labute approximate surface area is 179 Å². The number of esters is 1. The van der Waals surface area contributed by atoms with Crippen LogP contribution in [0.1, 0.15) is 22.5 Å². The molecule has 0 aliphatic carbocycles. The molecule has 0 N–H and O–H groups in total. The van der Waals surface area contributed by atoms with E-state index < -0.39 is 5.41 Å². The maximum Gasteiger partial charge on any atom is 0.318 e. The quantitative estimate of drug-likeness (QED) is 0.466. The van der Waals surface area contributed by atoms with Crippen molar-refractivity contribution in [2.75, 3.05) is 26.5 Å². The van der Waals surface area contributed by atoms with Crippen molar-refractivity contribution < 1.29 is 14.3 Å². The van der Waals surface area contributed by atoms with Crippen LogP contribution in [0.2, 0.25) is 0 Å². The second-order valence-corrected chi connectivity index (χ2v) is 7.99. The summed E-state index contributed by atoms with van der Waals surface area (Å²) >= 11 is 1.48. The molecule has 2 aromatic carbocycles. The maximum atomic E-state index is 13.5. The van der Waals surface area contributed by atoms with Crippen LogP contribution < -0.4 is 0 Å². The number of imidazole rings is 1. The molecule has 2 heterocycles. The first kappa shape index (κ1) is 20.2. The fourth-order valence-electron chi connectivity index (χ4n) is 4.07. The number of thioether (sulfide) groups is 1. The minimum Gasteiger partial charge on any atom is -0.468 e. The minimum absolute atomic E-state index is 0.145. The Bertz CT molecular complexity index is 1050. The molecule has 0 unspecified atom stereocenters. The van der Waals surface area contributed by atoms with Crippen molar-refractivity contribution in [3.8, 4) is 5.69 Å². The lowest BCUT2D eigenvalue weighted by Crippen LogP contribution is -2.41. The first-order valence-corrected chi connectivity index (χ1v) is 10.9. The highest BCUT2D eigenvalue weighted by Gasteiger charge is 2.48. The molecule has 1 saturated heterocycles. The molecular formula is C23H23N3O3S. The molecule has 1 fully saturated rings. The highest BCUT2D eigenvalue weighted by atomic mass is 32.2. The SMILES string of the molecule is COC(=O)[C@@]1(c2ccccc2)CCN(C(=O)c2cnc(SC)n2-c2ccccc2)C1. The van der Waals surface area contributed by atoms with E-state index in [0.717, 1.165) is 16.4 Å². The van der Waals surface area contributed by atoms with Crippen molar-refractivity contribution >= 4 is 23.6 Å². The number of carbonyl (C=O) groups excluding carboxylic acids is 2. The highest BCUT2D eigenvalue weighted by molar-refractivity contribution is 7.98. The van der Waals surface area contributed by atoms with Crippen molar-refractivity contribution in [3.05, 3.63) is 78.1 Å². The predicted molar refractivity (Wildman–Crippen MR) is 116 cm³/mol. The first-order chi connectivity index (χ1) is 14.6. The molecule has 0 bridgehead atoms. The summed E-state index contributed by atoms with van der Waals surface area (Å²) in [5.74, 6) is -0.460. The van der Waals surface area contributed by atoms with Gasteiger partial charge in [0.15, 0.2) is 5.16 Å². The third-order valence-corrected chi connectivity index (χ3v) is 6.26. The van der Waals surface area contributed by atoms with Crippen molar-refractivity contribution in [2.24, 2.45) is 0 Å². The third kappa shape index (κ3) is 3.39. The van der Waals surface area contributed by atoms with Crippen LogP contribution >= 0.6 is 11.8 Å². The van der Waals surface area contributed by atoms with Crippen LogP contribution in [-0.2, 0) is 14.9 Å². The standard InChI is InChI=1S/C23H23N3O3S/c1-29-21(28)23(17-9-5-3-6-10-17)13-14-25(16-23)20(27)19-15-24-22(30-2)26(19)18-11-7-4-8-12-18/h3-12,15H,13-14,16H2,1-2H3/t23-/m0/s1. The van der Waals surface area contributed by atoms with Crippen molar-refractivity contribution in [2.45, 2.75) is 17.0 Å². The Balaban J connectivity index is 1.69. The maximum absolute atomic E-state index is 13.5. The summed E-state index contributed by atoms with van der Waals surface area (Å²) in [4.78, 5) is 32.5. The number of benzene rings is 2. The summed E-state index contributed by atoms with van der Waals surface area (Å²) in [6, 6.07) is 19.3. The summed E-state index contributed by atoms with van der Waals surface area (Å²) in [6.07, 6.45) is 4.07. The summed E-state index contributed by atoms with van der Waals surface area (Å²) in [5, 5.41) is 0.742. The van der Waals surface area contributed by atoms with Crippen LogP contribution in [-0.4, -0.2) is 52.8 Å². The average molecular weight is 422 g/mol. The number of likely N-dealkylation sites (tertiary alicyclic amines) is 1. The van der Waals surface area contributed by atoms with Crippen LogP contribution in [0.5, 0.6) is 0 Å². The van der Waals surface area contributed by atoms with E-state index in [-0.39, 0.29) is 18.4 Å². The average Bonchev–Trinajstić information content (AvgIpc) is 3.45. The van der Waals surface area contributed by atoms with Gasteiger partial charge in [0.2, 0.25) is 0 Å². The number of amides is 1. The second kappa shape index (κ2) is 8.36. The molecule has 7 heteroatoms. The molecule has 6 nitrogen and oxygen atoms in total. The van der Waals surface area contributed by atoms with Crippen LogP contribution in [0, 0.1) is 0 Å². The van der Waals surface area contributed by atoms with Gasteiger partial charge in [0.05, 0.1) is 13.3 Å². The summed E-state index contributed by atoms with van der Waals surface area (Å²) < 4.78 is 7.01. The molecule has 154 valence electrons. The van der Waals surface area contributed by atoms with Crippen molar-refractivity contribution in [3.63, 3.8) is 0 Å². The van der Waals surface area contributed by atoms with Gasteiger partial charge in [-0.05, 0) is 30.4 Å². The van der Waals surface area contributed by atoms with Crippen LogP contribution in [0.4, 0.5) is 0 Å². The molecule has 0 saturated carbocycles. The fourth-order valence-corrected chi connectivity index (χ4v) is 4.62. The number of para-hydroxylation sites is 1. The molecular weight excluding hydrogens is 398 g/mol. The van der Waals surface area contributed by atoms with E-state index in [0.29, 0.717) is 18.7 Å². The Kier molecular flexibility index (Phi) is 5.63. The number of hydrogen-bond donors (Lipinski definition) is 0. The van der Waals surface area contributed by atoms with Crippen LogP contribution in [0.25, 0.3) is 5.69 Å². The number of ether oxygens (including phenoxy) is 1. The Hall–Kier alpha value is -3.06. The summed E-state index contributed by atoms with van der Waals surface area (Å²) in [6.45, 7) is 0.745. The summed E-state index contributed by atoms with van der Waals surface area (Å²) in [5.41, 5.74) is 1.38. The Morgan fingerprint density at radius 2 is 1.73 bits per heavy atom. The predicted octanol–water partition coefficient (Wildman–Crippen LogP) is 3.55. The van der Waals surface area contributed by atoms with Gasteiger partial charge in [-0.2, -0.15) is 0 Å². The molecule has 30 heavy (non-hydrogen) atoms. The lowest BCUT2D eigenvalue weighted by molar-refractivity contribution is -0.147. The van der Waals surface area contributed by atoms with Gasteiger partial charge < -0.3 is 9.64 Å². The molecule has 0 spiro atoms. The number of rotatable bonds is 5. The van der Waals surface area contributed by atoms with Gasteiger partial charge in [0.1, 0.15) is 11.1 Å². The summed E-state index contributed by atoms with van der Waals surface area (Å²) in [7, 11) is 1.40. The monoisotopic (exact) mass is 421 g/mol. The van der Waals surface area contributed by atoms with Gasteiger partial charge in [0.25, 0.3) is 5.91 Å². The smallest absolute Gasteiger partial charge is 0.318 e. The number of aromatic nitrogens is 2. The van der Waals surface area contributed by atoms with E-state index in [2.05, 4.69) is 4.98 Å². The van der Waals surface area contributed by atoms with Crippen molar-refractivity contribution in [1.29, 1.82) is 0 Å². The highest BCUT2D eigenvalue weighted by Crippen LogP contribution is 2.37. The largest absolute Gasteiger partial charge is 0.468 e. The molecule has 1 atom stereocenters. The minimum atomic E-state index is -0.856. The number of methoxy groups -OCH3 is 1. The molecule has 1 aliphatic heterocycles. The zero-order valence-electron chi connectivity index (χ0n) is 16.9. The van der Waals surface area contributed by atoms with Crippen LogP contribution in [0.15, 0.2) is 72.0 Å². The van der Waals surface area contributed by atoms with E-state index in [4.69, 9.17) is 4.74 Å². The van der Waals surface area contributed by atoms with E-state index in [1.807, 2.05) is 71.5 Å². The second-order valence-electron chi connectivity index (χ2n) is 7.22. The van der Waals surface area contributed by atoms with E-state index >= 15 is 0 Å². The number of hydrogen-bond acceptors (Lipinski definition) is 5. The lowest BCUT2D eigenvalue weighted by Gasteiger charge is -2.27. The van der Waals surface area contributed by atoms with E-state index in [9.17, 15) is 9.59 Å². The van der Waals surface area contributed by atoms with Crippen LogP contribution in [0.3, 0.4) is 0 Å². The molecule has 1 amide bonds. The van der Waals surface area contributed by atoms with Gasteiger partial charge in [0, 0.05) is 18.8 Å². The van der Waals surface area contributed by atoms with E-state index in [1.54, 1.807) is 11.1 Å². The van der Waals surface area contributed by atoms with Crippen molar-refractivity contribution in [1.82, 2.24) is 14.5 Å². The van der Waals surface area contributed by atoms with Gasteiger partial charge in [-0.3, -0.25) is 14.2 Å². The molecule has 3 aromatic rings. The molecule has 1 aromatic heterocycles. The number of nitrogens with zero attached hydrogens (tertiary/aromatic N) is 3. The van der Waals surface area contributed by atoms with E-state index in [1.165, 1.54) is 18.9 Å². The van der Waals surface area contributed by atoms with Gasteiger partial charge in [-0.15, -0.1) is 0 Å². The zero-order chi connectivity index (χ0) is 21.1. The normalized spacial score (nSPS) is 18.4. The Morgan fingerprint density at radius 3 is 2.37 bits per heavy atom. The van der Waals surface area contributed by atoms with Gasteiger partial charge in [-0.1, -0.05) is 60.3 Å².